The van der Waals surface area contributed by atoms with Crippen molar-refractivity contribution in [2.45, 2.75) is 57.8 Å². The quantitative estimate of drug-likeness (QED) is 0.297. The summed E-state index contributed by atoms with van der Waals surface area (Å²) in [4.78, 5) is 20.0. The molecule has 0 heterocycles. The number of hydrogen-bond donors (Lipinski definition) is 0. The van der Waals surface area contributed by atoms with Gasteiger partial charge in [-0.3, -0.25) is 4.79 Å². The Morgan fingerprint density at radius 2 is 1.20 bits per heavy atom. The highest BCUT2D eigenvalue weighted by Gasteiger charge is 1.90. The zero-order valence-electron chi connectivity index (χ0n) is 9.49. The molecule has 0 saturated heterocycles. The summed E-state index contributed by atoms with van der Waals surface area (Å²) in [6, 6.07) is 0. The van der Waals surface area contributed by atoms with E-state index in [-0.39, 0.29) is 0 Å². The lowest BCUT2D eigenvalue weighted by Gasteiger charge is -1.99. The molecule has 0 bridgehead atoms. The molecule has 0 radical (unpaired) electrons. The Bertz CT molecular complexity index is 173. The Hall–Kier alpha value is -0.920. The van der Waals surface area contributed by atoms with Crippen molar-refractivity contribution in [2.75, 3.05) is 0 Å². The van der Waals surface area contributed by atoms with Gasteiger partial charge in [-0.25, -0.2) is 0 Å². The SMILES string of the molecule is O=CC=CCCCCCCCCCC=O. The zero-order valence-corrected chi connectivity index (χ0v) is 9.49. The third kappa shape index (κ3) is 13.1. The highest BCUT2D eigenvalue weighted by Crippen LogP contribution is 2.09. The summed E-state index contributed by atoms with van der Waals surface area (Å²) in [6.07, 6.45) is 15.5. The van der Waals surface area contributed by atoms with E-state index in [0.29, 0.717) is 0 Å². The molecule has 0 aliphatic rings. The normalized spacial score (nSPS) is 10.7. The molecule has 0 rings (SSSR count). The molecule has 0 aromatic heterocycles. The molecule has 2 heteroatoms. The maximum absolute atomic E-state index is 10.0. The van der Waals surface area contributed by atoms with Crippen LogP contribution in [0.25, 0.3) is 0 Å². The van der Waals surface area contributed by atoms with Crippen molar-refractivity contribution in [3.05, 3.63) is 12.2 Å². The molecule has 2 nitrogen and oxygen atoms in total. The van der Waals surface area contributed by atoms with Crippen LogP contribution < -0.4 is 0 Å². The fourth-order valence-corrected chi connectivity index (χ4v) is 1.53. The predicted octanol–water partition coefficient (Wildman–Crippen LogP) is 3.45. The van der Waals surface area contributed by atoms with Gasteiger partial charge in [0.05, 0.1) is 0 Å². The molecule has 86 valence electrons. The number of aldehydes is 2. The van der Waals surface area contributed by atoms with Crippen LogP contribution in [-0.2, 0) is 9.59 Å². The number of carbonyl (C=O) groups is 2. The van der Waals surface area contributed by atoms with Crippen molar-refractivity contribution in [1.29, 1.82) is 0 Å². The Morgan fingerprint density at radius 1 is 0.667 bits per heavy atom. The van der Waals surface area contributed by atoms with Crippen LogP contribution in [0, 0.1) is 0 Å². The average molecular weight is 210 g/mol. The lowest BCUT2D eigenvalue weighted by Crippen LogP contribution is -1.81. The summed E-state index contributed by atoms with van der Waals surface area (Å²) in [5.74, 6) is 0. The van der Waals surface area contributed by atoms with Crippen LogP contribution >= 0.6 is 0 Å². The van der Waals surface area contributed by atoms with E-state index in [1.807, 2.05) is 6.08 Å². The van der Waals surface area contributed by atoms with Gasteiger partial charge in [-0.1, -0.05) is 38.2 Å². The van der Waals surface area contributed by atoms with Crippen molar-refractivity contribution in [3.63, 3.8) is 0 Å². The minimum absolute atomic E-state index is 0.719. The van der Waals surface area contributed by atoms with E-state index in [9.17, 15) is 9.59 Å². The van der Waals surface area contributed by atoms with Crippen LogP contribution in [-0.4, -0.2) is 12.6 Å². The van der Waals surface area contributed by atoms with E-state index in [1.54, 1.807) is 6.08 Å². The van der Waals surface area contributed by atoms with Crippen LogP contribution in [0.1, 0.15) is 57.8 Å². The topological polar surface area (TPSA) is 34.1 Å². The maximum Gasteiger partial charge on any atom is 0.142 e. The second-order valence-corrected chi connectivity index (χ2v) is 3.78. The summed E-state index contributed by atoms with van der Waals surface area (Å²) in [7, 11) is 0. The second kappa shape index (κ2) is 13.1. The molecular weight excluding hydrogens is 188 g/mol. The second-order valence-electron chi connectivity index (χ2n) is 3.78. The van der Waals surface area contributed by atoms with Gasteiger partial charge in [-0.05, 0) is 25.3 Å². The van der Waals surface area contributed by atoms with E-state index in [0.717, 1.165) is 31.8 Å². The standard InChI is InChI=1S/C13H22O2/c14-12-10-8-6-4-2-1-3-5-7-9-11-13-15/h8,10,12-13H,1-7,9,11H2. The fraction of sp³-hybridized carbons (Fsp3) is 0.692. The van der Waals surface area contributed by atoms with Crippen molar-refractivity contribution in [2.24, 2.45) is 0 Å². The van der Waals surface area contributed by atoms with E-state index in [1.165, 1.54) is 38.5 Å². The monoisotopic (exact) mass is 210 g/mol. The first kappa shape index (κ1) is 14.1. The van der Waals surface area contributed by atoms with Crippen molar-refractivity contribution in [1.82, 2.24) is 0 Å². The molecule has 15 heavy (non-hydrogen) atoms. The first-order valence-electron chi connectivity index (χ1n) is 5.95. The summed E-state index contributed by atoms with van der Waals surface area (Å²) >= 11 is 0. The summed E-state index contributed by atoms with van der Waals surface area (Å²) in [6.45, 7) is 0. The first-order valence-corrected chi connectivity index (χ1v) is 5.95. The third-order valence-electron chi connectivity index (χ3n) is 2.41. The zero-order chi connectivity index (χ0) is 11.2. The number of unbranched alkanes of at least 4 members (excludes halogenated alkanes) is 8. The van der Waals surface area contributed by atoms with Crippen molar-refractivity contribution < 1.29 is 9.59 Å². The number of rotatable bonds is 11. The van der Waals surface area contributed by atoms with Gasteiger partial charge in [0.1, 0.15) is 12.6 Å². The summed E-state index contributed by atoms with van der Waals surface area (Å²) in [5, 5.41) is 0. The molecule has 0 aliphatic heterocycles. The molecular formula is C13H22O2. The molecule has 0 aromatic rings. The smallest absolute Gasteiger partial charge is 0.142 e. The Balaban J connectivity index is 2.95. The van der Waals surface area contributed by atoms with Crippen LogP contribution in [0.3, 0.4) is 0 Å². The molecule has 0 N–H and O–H groups in total. The molecule has 0 spiro atoms. The lowest BCUT2D eigenvalue weighted by molar-refractivity contribution is -0.108. The fourth-order valence-electron chi connectivity index (χ4n) is 1.53. The summed E-state index contributed by atoms with van der Waals surface area (Å²) in [5.41, 5.74) is 0. The average Bonchev–Trinajstić information content (AvgIpc) is 2.26. The molecule has 0 aromatic carbocycles. The molecule has 0 amide bonds. The minimum Gasteiger partial charge on any atom is -0.303 e. The van der Waals surface area contributed by atoms with Crippen molar-refractivity contribution in [3.8, 4) is 0 Å². The number of carbonyl (C=O) groups excluding carboxylic acids is 2. The van der Waals surface area contributed by atoms with Gasteiger partial charge in [0, 0.05) is 6.42 Å². The third-order valence-corrected chi connectivity index (χ3v) is 2.41. The number of hydrogen-bond acceptors (Lipinski definition) is 2. The largest absolute Gasteiger partial charge is 0.303 e. The lowest BCUT2D eigenvalue weighted by atomic mass is 10.1. The minimum atomic E-state index is 0.719. The van der Waals surface area contributed by atoms with Gasteiger partial charge in [-0.2, -0.15) is 0 Å². The first-order chi connectivity index (χ1) is 7.41. The number of allylic oxidation sites excluding steroid dienone is 2. The molecule has 0 saturated carbocycles. The van der Waals surface area contributed by atoms with Crippen LogP contribution in [0.15, 0.2) is 12.2 Å². The van der Waals surface area contributed by atoms with Gasteiger partial charge in [0.15, 0.2) is 0 Å². The van der Waals surface area contributed by atoms with Crippen LogP contribution in [0.4, 0.5) is 0 Å². The Labute approximate surface area is 92.8 Å². The highest BCUT2D eigenvalue weighted by atomic mass is 16.1. The van der Waals surface area contributed by atoms with Gasteiger partial charge < -0.3 is 4.79 Å². The molecule has 0 fully saturated rings. The van der Waals surface area contributed by atoms with E-state index in [4.69, 9.17) is 0 Å². The van der Waals surface area contributed by atoms with Gasteiger partial charge in [-0.15, -0.1) is 0 Å². The Kier molecular flexibility index (Phi) is 12.3. The van der Waals surface area contributed by atoms with E-state index >= 15 is 0 Å². The van der Waals surface area contributed by atoms with Crippen molar-refractivity contribution >= 4 is 12.6 Å². The van der Waals surface area contributed by atoms with Crippen LogP contribution in [0.2, 0.25) is 0 Å². The van der Waals surface area contributed by atoms with Gasteiger partial charge in [0.25, 0.3) is 0 Å². The highest BCUT2D eigenvalue weighted by molar-refractivity contribution is 5.64. The van der Waals surface area contributed by atoms with Gasteiger partial charge >= 0.3 is 0 Å². The van der Waals surface area contributed by atoms with Crippen LogP contribution in [0.5, 0.6) is 0 Å². The predicted molar refractivity (Wildman–Crippen MR) is 62.8 cm³/mol. The van der Waals surface area contributed by atoms with E-state index in [2.05, 4.69) is 0 Å². The molecule has 0 atom stereocenters. The van der Waals surface area contributed by atoms with Gasteiger partial charge in [0.2, 0.25) is 0 Å². The molecule has 0 unspecified atom stereocenters. The molecule has 0 aliphatic carbocycles. The van der Waals surface area contributed by atoms with E-state index < -0.39 is 0 Å². The summed E-state index contributed by atoms with van der Waals surface area (Å²) < 4.78 is 0. The Morgan fingerprint density at radius 3 is 1.73 bits per heavy atom. The maximum atomic E-state index is 10.0.